The Morgan fingerprint density at radius 3 is 2.44 bits per heavy atom. The van der Waals surface area contributed by atoms with E-state index in [1.165, 1.54) is 0 Å². The van der Waals surface area contributed by atoms with Crippen molar-refractivity contribution in [3.05, 3.63) is 0 Å². The number of unbranched alkanes of at least 4 members (excludes halogenated alkanes) is 2. The Labute approximate surface area is 113 Å². The first kappa shape index (κ1) is 15.3. The van der Waals surface area contributed by atoms with Crippen LogP contribution in [-0.2, 0) is 9.59 Å². The molecule has 1 aliphatic rings. The third kappa shape index (κ3) is 4.48. The van der Waals surface area contributed by atoms with Gasteiger partial charge in [0, 0.05) is 11.8 Å². The molecule has 1 unspecified atom stereocenters. The van der Waals surface area contributed by atoms with Gasteiger partial charge < -0.3 is 10.4 Å². The quantitative estimate of drug-likeness (QED) is 0.528. The van der Waals surface area contributed by atoms with E-state index in [1.807, 2.05) is 13.8 Å². The monoisotopic (exact) mass is 275 g/mol. The summed E-state index contributed by atoms with van der Waals surface area (Å²) in [7, 11) is 0. The van der Waals surface area contributed by atoms with E-state index in [0.29, 0.717) is 12.3 Å². The van der Waals surface area contributed by atoms with Crippen LogP contribution in [0.5, 0.6) is 0 Å². The second kappa shape index (κ2) is 6.41. The molecule has 0 aromatic rings. The Kier molecular flexibility index (Phi) is 5.45. The van der Waals surface area contributed by atoms with Crippen LogP contribution in [0, 0.1) is 11.3 Å². The number of hydrogen-bond donors (Lipinski definition) is 2. The molecule has 1 saturated carbocycles. The lowest BCUT2D eigenvalue weighted by molar-refractivity contribution is -0.142. The molecule has 1 rings (SSSR count). The number of carboxylic acid groups (broad SMARTS) is 1. The molecule has 0 aromatic carbocycles. The van der Waals surface area contributed by atoms with Crippen molar-refractivity contribution in [1.82, 2.24) is 5.32 Å². The summed E-state index contributed by atoms with van der Waals surface area (Å²) in [6.45, 7) is 4.04. The van der Waals surface area contributed by atoms with E-state index >= 15 is 0 Å². The van der Waals surface area contributed by atoms with Crippen LogP contribution in [0.4, 0.5) is 0 Å². The van der Waals surface area contributed by atoms with Crippen molar-refractivity contribution in [2.45, 2.75) is 52.0 Å². The maximum absolute atomic E-state index is 11.8. The first-order chi connectivity index (χ1) is 8.38. The molecule has 1 aliphatic carbocycles. The van der Waals surface area contributed by atoms with E-state index in [1.54, 1.807) is 0 Å². The van der Waals surface area contributed by atoms with Gasteiger partial charge in [-0.05, 0) is 24.7 Å². The Morgan fingerprint density at radius 2 is 2.00 bits per heavy atom. The third-order valence-corrected chi connectivity index (χ3v) is 3.84. The summed E-state index contributed by atoms with van der Waals surface area (Å²) < 4.78 is 0. The van der Waals surface area contributed by atoms with E-state index in [0.717, 1.165) is 25.7 Å². The van der Waals surface area contributed by atoms with Crippen LogP contribution in [0.15, 0.2) is 0 Å². The molecule has 0 spiro atoms. The summed E-state index contributed by atoms with van der Waals surface area (Å²) in [5.74, 6) is -0.500. The van der Waals surface area contributed by atoms with E-state index in [9.17, 15) is 9.59 Å². The zero-order valence-corrected chi connectivity index (χ0v) is 11.8. The standard InChI is InChI=1S/C13H22ClNO3/c1-13(2)8-9(13)11(16)15-10(12(17)18)6-4-3-5-7-14/h9-10H,3-8H2,1-2H3,(H,15,16)(H,17,18)/t9-,10?/m1/s1. The van der Waals surface area contributed by atoms with Crippen molar-refractivity contribution in [3.63, 3.8) is 0 Å². The lowest BCUT2D eigenvalue weighted by Gasteiger charge is -2.15. The molecule has 0 aromatic heterocycles. The Balaban J connectivity index is 2.34. The summed E-state index contributed by atoms with van der Waals surface area (Å²) in [6.07, 6.45) is 3.89. The number of carboxylic acids is 1. The number of hydrogen-bond acceptors (Lipinski definition) is 2. The molecule has 0 saturated heterocycles. The number of carbonyl (C=O) groups is 2. The van der Waals surface area contributed by atoms with Gasteiger partial charge in [0.15, 0.2) is 0 Å². The Hall–Kier alpha value is -0.770. The zero-order valence-electron chi connectivity index (χ0n) is 11.0. The van der Waals surface area contributed by atoms with Crippen LogP contribution in [-0.4, -0.2) is 28.9 Å². The largest absolute Gasteiger partial charge is 0.480 e. The molecule has 0 bridgehead atoms. The number of aliphatic carboxylic acids is 1. The second-order valence-corrected chi connectivity index (χ2v) is 6.06. The topological polar surface area (TPSA) is 66.4 Å². The van der Waals surface area contributed by atoms with Gasteiger partial charge in [-0.25, -0.2) is 4.79 Å². The molecule has 0 heterocycles. The summed E-state index contributed by atoms with van der Waals surface area (Å²) >= 11 is 5.56. The van der Waals surface area contributed by atoms with Gasteiger partial charge in [0.1, 0.15) is 6.04 Å². The number of alkyl halides is 1. The van der Waals surface area contributed by atoms with Gasteiger partial charge in [-0.15, -0.1) is 11.6 Å². The highest BCUT2D eigenvalue weighted by Crippen LogP contribution is 2.51. The minimum absolute atomic E-state index is 0.0257. The van der Waals surface area contributed by atoms with Crippen LogP contribution in [0.3, 0.4) is 0 Å². The first-order valence-corrected chi connectivity index (χ1v) is 7.01. The summed E-state index contributed by atoms with van der Waals surface area (Å²) in [4.78, 5) is 22.9. The molecule has 1 amide bonds. The van der Waals surface area contributed by atoms with Crippen molar-refractivity contribution in [1.29, 1.82) is 0 Å². The summed E-state index contributed by atoms with van der Waals surface area (Å²) in [5.41, 5.74) is 0.0335. The molecule has 5 heteroatoms. The minimum Gasteiger partial charge on any atom is -0.480 e. The molecule has 2 N–H and O–H groups in total. The van der Waals surface area contributed by atoms with Gasteiger partial charge in [0.05, 0.1) is 0 Å². The van der Waals surface area contributed by atoms with Crippen LogP contribution in [0.1, 0.15) is 46.0 Å². The fraction of sp³-hybridized carbons (Fsp3) is 0.846. The minimum atomic E-state index is -0.951. The van der Waals surface area contributed by atoms with Crippen LogP contribution in [0.25, 0.3) is 0 Å². The maximum atomic E-state index is 11.8. The van der Waals surface area contributed by atoms with E-state index in [2.05, 4.69) is 5.32 Å². The van der Waals surface area contributed by atoms with Crippen LogP contribution in [0.2, 0.25) is 0 Å². The molecule has 4 nitrogen and oxygen atoms in total. The third-order valence-electron chi connectivity index (χ3n) is 3.57. The molecule has 1 fully saturated rings. The number of halogens is 1. The number of rotatable bonds is 8. The van der Waals surface area contributed by atoms with Crippen molar-refractivity contribution in [2.24, 2.45) is 11.3 Å². The van der Waals surface area contributed by atoms with Gasteiger partial charge in [0.25, 0.3) is 0 Å². The van der Waals surface area contributed by atoms with E-state index in [-0.39, 0.29) is 17.2 Å². The van der Waals surface area contributed by atoms with Crippen molar-refractivity contribution < 1.29 is 14.7 Å². The average Bonchev–Trinajstić information content (AvgIpc) is 2.92. The lowest BCUT2D eigenvalue weighted by atomic mass is 10.1. The molecule has 104 valence electrons. The lowest BCUT2D eigenvalue weighted by Crippen LogP contribution is -2.42. The fourth-order valence-corrected chi connectivity index (χ4v) is 2.25. The highest BCUT2D eigenvalue weighted by Gasteiger charge is 2.51. The normalized spacial score (nSPS) is 22.3. The van der Waals surface area contributed by atoms with Gasteiger partial charge in [-0.1, -0.05) is 26.7 Å². The summed E-state index contributed by atoms with van der Waals surface area (Å²) in [5, 5.41) is 11.7. The van der Waals surface area contributed by atoms with E-state index in [4.69, 9.17) is 16.7 Å². The van der Waals surface area contributed by atoms with Crippen LogP contribution < -0.4 is 5.32 Å². The molecular formula is C13H22ClNO3. The van der Waals surface area contributed by atoms with Gasteiger partial charge in [-0.2, -0.15) is 0 Å². The number of nitrogens with one attached hydrogen (secondary N) is 1. The number of amides is 1. The zero-order chi connectivity index (χ0) is 13.8. The average molecular weight is 276 g/mol. The SMILES string of the molecule is CC1(C)C[C@@H]1C(=O)NC(CCCCCCl)C(=O)O. The van der Waals surface area contributed by atoms with Gasteiger partial charge >= 0.3 is 5.97 Å². The molecular weight excluding hydrogens is 254 g/mol. The molecule has 0 radical (unpaired) electrons. The predicted molar refractivity (Wildman–Crippen MR) is 70.6 cm³/mol. The predicted octanol–water partition coefficient (Wildman–Crippen LogP) is 2.40. The van der Waals surface area contributed by atoms with Crippen molar-refractivity contribution in [3.8, 4) is 0 Å². The van der Waals surface area contributed by atoms with Gasteiger partial charge in [0.2, 0.25) is 5.91 Å². The highest BCUT2D eigenvalue weighted by atomic mass is 35.5. The molecule has 18 heavy (non-hydrogen) atoms. The Morgan fingerprint density at radius 1 is 1.39 bits per heavy atom. The van der Waals surface area contributed by atoms with E-state index < -0.39 is 12.0 Å². The highest BCUT2D eigenvalue weighted by molar-refractivity contribution is 6.17. The maximum Gasteiger partial charge on any atom is 0.326 e. The number of carbonyl (C=O) groups excluding carboxylic acids is 1. The van der Waals surface area contributed by atoms with Crippen LogP contribution >= 0.6 is 11.6 Å². The first-order valence-electron chi connectivity index (χ1n) is 6.47. The van der Waals surface area contributed by atoms with Crippen molar-refractivity contribution in [2.75, 3.05) is 5.88 Å². The van der Waals surface area contributed by atoms with Gasteiger partial charge in [-0.3, -0.25) is 4.79 Å². The summed E-state index contributed by atoms with van der Waals surface area (Å²) in [6, 6.07) is -0.760. The second-order valence-electron chi connectivity index (χ2n) is 5.68. The smallest absolute Gasteiger partial charge is 0.326 e. The molecule has 0 aliphatic heterocycles. The molecule has 2 atom stereocenters. The fourth-order valence-electron chi connectivity index (χ4n) is 2.06. The Bertz CT molecular complexity index is 317. The van der Waals surface area contributed by atoms with Crippen molar-refractivity contribution >= 4 is 23.5 Å².